The summed E-state index contributed by atoms with van der Waals surface area (Å²) in [7, 11) is 0. The highest BCUT2D eigenvalue weighted by Gasteiger charge is 2.09. The Labute approximate surface area is 224 Å². The molecule has 1 atom stereocenters. The molecule has 206 valence electrons. The van der Waals surface area contributed by atoms with E-state index in [4.69, 9.17) is 9.47 Å². The van der Waals surface area contributed by atoms with Crippen LogP contribution in [0.3, 0.4) is 0 Å². The predicted molar refractivity (Wildman–Crippen MR) is 158 cm³/mol. The van der Waals surface area contributed by atoms with Crippen LogP contribution in [0.15, 0.2) is 30.3 Å². The molecule has 1 aromatic carbocycles. The topological polar surface area (TPSA) is 53.5 Å². The summed E-state index contributed by atoms with van der Waals surface area (Å²) >= 11 is 4.37. The van der Waals surface area contributed by atoms with Crippen molar-refractivity contribution in [2.45, 2.75) is 129 Å². The van der Waals surface area contributed by atoms with Crippen molar-refractivity contribution < 1.29 is 9.47 Å². The zero-order chi connectivity index (χ0) is 24.4. The van der Waals surface area contributed by atoms with Crippen LogP contribution in [-0.2, 0) is 16.1 Å². The molecular formula is C31H59NO2S. The minimum atomic E-state index is 0. The van der Waals surface area contributed by atoms with Crippen LogP contribution < -0.4 is 6.15 Å². The summed E-state index contributed by atoms with van der Waals surface area (Å²) in [5, 5.41) is 0. The molecule has 3 N–H and O–H groups in total. The van der Waals surface area contributed by atoms with Gasteiger partial charge in [0.1, 0.15) is 0 Å². The Bertz CT molecular complexity index is 514. The van der Waals surface area contributed by atoms with Crippen LogP contribution in [0.25, 0.3) is 0 Å². The average molecular weight is 510 g/mol. The largest absolute Gasteiger partial charge is 0.381 e. The molecule has 1 unspecified atom stereocenters. The van der Waals surface area contributed by atoms with E-state index in [9.17, 15) is 0 Å². The van der Waals surface area contributed by atoms with Crippen molar-refractivity contribution in [1.29, 1.82) is 0 Å². The van der Waals surface area contributed by atoms with Gasteiger partial charge >= 0.3 is 0 Å². The molecule has 0 amide bonds. The van der Waals surface area contributed by atoms with E-state index in [0.717, 1.165) is 38.4 Å². The van der Waals surface area contributed by atoms with Crippen LogP contribution >= 0.6 is 12.6 Å². The molecule has 0 radical (unpaired) electrons. The van der Waals surface area contributed by atoms with Gasteiger partial charge < -0.3 is 15.6 Å². The molecule has 0 heterocycles. The number of hydrogen-bond donors (Lipinski definition) is 2. The van der Waals surface area contributed by atoms with Gasteiger partial charge in [-0.15, -0.1) is 0 Å². The lowest BCUT2D eigenvalue weighted by Crippen LogP contribution is -2.17. The highest BCUT2D eigenvalue weighted by atomic mass is 32.1. The zero-order valence-corrected chi connectivity index (χ0v) is 24.1. The Hall–Kier alpha value is -0.550. The Morgan fingerprint density at radius 3 is 1.63 bits per heavy atom. The van der Waals surface area contributed by atoms with Crippen molar-refractivity contribution in [1.82, 2.24) is 6.15 Å². The molecule has 0 aromatic heterocycles. The van der Waals surface area contributed by atoms with Crippen molar-refractivity contribution in [2.75, 3.05) is 25.6 Å². The Morgan fingerprint density at radius 1 is 0.629 bits per heavy atom. The molecule has 0 aliphatic heterocycles. The number of ether oxygens (including phenoxy) is 2. The molecule has 4 heteroatoms. The fraction of sp³-hybridized carbons (Fsp3) is 0.806. The first-order valence-electron chi connectivity index (χ1n) is 14.7. The minimum absolute atomic E-state index is 0. The molecule has 0 saturated carbocycles. The van der Waals surface area contributed by atoms with E-state index in [0.29, 0.717) is 12.5 Å². The fourth-order valence-corrected chi connectivity index (χ4v) is 4.70. The predicted octanol–water partition coefficient (Wildman–Crippen LogP) is 9.97. The van der Waals surface area contributed by atoms with Crippen molar-refractivity contribution in [2.24, 2.45) is 5.92 Å². The van der Waals surface area contributed by atoms with Gasteiger partial charge in [-0.05, 0) is 30.6 Å². The third-order valence-electron chi connectivity index (χ3n) is 6.73. The maximum Gasteiger partial charge on any atom is 0.0717 e. The van der Waals surface area contributed by atoms with E-state index < -0.39 is 0 Å². The van der Waals surface area contributed by atoms with E-state index in [1.165, 1.54) is 108 Å². The summed E-state index contributed by atoms with van der Waals surface area (Å²) in [4.78, 5) is 0. The number of benzene rings is 1. The van der Waals surface area contributed by atoms with Crippen LogP contribution in [-0.4, -0.2) is 25.6 Å². The molecule has 0 fully saturated rings. The van der Waals surface area contributed by atoms with E-state index in [1.807, 2.05) is 6.07 Å². The van der Waals surface area contributed by atoms with Crippen molar-refractivity contribution >= 4 is 12.6 Å². The lowest BCUT2D eigenvalue weighted by molar-refractivity contribution is 0.0285. The highest BCUT2D eigenvalue weighted by Crippen LogP contribution is 2.14. The molecular weight excluding hydrogens is 450 g/mol. The van der Waals surface area contributed by atoms with Crippen LogP contribution in [0, 0.1) is 5.92 Å². The molecule has 0 aliphatic carbocycles. The normalized spacial score (nSPS) is 11.9. The Kier molecular flexibility index (Phi) is 27.6. The molecule has 1 rings (SSSR count). The Balaban J connectivity index is 0.0000116. The van der Waals surface area contributed by atoms with Gasteiger partial charge in [0.2, 0.25) is 0 Å². The Morgan fingerprint density at radius 2 is 1.11 bits per heavy atom. The standard InChI is InChI=1S/C31H56O2S.H3N/c1-2-3-4-5-6-7-8-9-10-11-12-13-14-15-16-20-25-32-28-31(24-21-26-34)29-33-27-30-22-18-17-19-23-30;/h17-19,22-23,31,34H,2-16,20-21,24-29H2,1H3;1H3. The van der Waals surface area contributed by atoms with Gasteiger partial charge in [0.05, 0.1) is 19.8 Å². The molecule has 3 nitrogen and oxygen atoms in total. The van der Waals surface area contributed by atoms with Crippen LogP contribution in [0.4, 0.5) is 0 Å². The van der Waals surface area contributed by atoms with E-state index in [2.05, 4.69) is 43.8 Å². The van der Waals surface area contributed by atoms with Crippen LogP contribution in [0.1, 0.15) is 128 Å². The number of unbranched alkanes of at least 4 members (excludes halogenated alkanes) is 15. The third-order valence-corrected chi connectivity index (χ3v) is 7.05. The maximum absolute atomic E-state index is 6.01. The third kappa shape index (κ3) is 23.6. The average Bonchev–Trinajstić information content (AvgIpc) is 2.86. The second-order valence-corrected chi connectivity index (χ2v) is 10.6. The van der Waals surface area contributed by atoms with E-state index in [1.54, 1.807) is 0 Å². The van der Waals surface area contributed by atoms with Crippen LogP contribution in [0.5, 0.6) is 0 Å². The van der Waals surface area contributed by atoms with Gasteiger partial charge in [0, 0.05) is 12.5 Å². The van der Waals surface area contributed by atoms with Gasteiger partial charge in [-0.25, -0.2) is 0 Å². The summed E-state index contributed by atoms with van der Waals surface area (Å²) in [6, 6.07) is 10.4. The van der Waals surface area contributed by atoms with Gasteiger partial charge in [-0.1, -0.05) is 134 Å². The molecule has 0 saturated heterocycles. The van der Waals surface area contributed by atoms with E-state index in [-0.39, 0.29) is 6.15 Å². The molecule has 0 bridgehead atoms. The smallest absolute Gasteiger partial charge is 0.0717 e. The summed E-state index contributed by atoms with van der Waals surface area (Å²) in [6.45, 7) is 5.48. The van der Waals surface area contributed by atoms with Crippen LogP contribution in [0.2, 0.25) is 0 Å². The summed E-state index contributed by atoms with van der Waals surface area (Å²) in [5.74, 6) is 1.42. The molecule has 35 heavy (non-hydrogen) atoms. The number of thiol groups is 1. The summed E-state index contributed by atoms with van der Waals surface area (Å²) in [6.07, 6.45) is 24.8. The lowest BCUT2D eigenvalue weighted by Gasteiger charge is -2.17. The quantitative estimate of drug-likeness (QED) is 0.0964. The number of rotatable bonds is 26. The molecule has 0 spiro atoms. The first-order chi connectivity index (χ1) is 16.9. The van der Waals surface area contributed by atoms with Crippen molar-refractivity contribution in [3.05, 3.63) is 35.9 Å². The fourth-order valence-electron chi connectivity index (χ4n) is 4.51. The molecule has 1 aromatic rings. The van der Waals surface area contributed by atoms with E-state index >= 15 is 0 Å². The highest BCUT2D eigenvalue weighted by molar-refractivity contribution is 7.80. The SMILES string of the molecule is CCCCCCCCCCCCCCCCCCOCC(CCCS)COCc1ccccc1.N. The van der Waals surface area contributed by atoms with Gasteiger partial charge in [0.15, 0.2) is 0 Å². The second kappa shape index (κ2) is 28.0. The number of hydrogen-bond acceptors (Lipinski definition) is 4. The van der Waals surface area contributed by atoms with Gasteiger partial charge in [-0.3, -0.25) is 0 Å². The monoisotopic (exact) mass is 509 g/mol. The van der Waals surface area contributed by atoms with Gasteiger partial charge in [0.25, 0.3) is 0 Å². The van der Waals surface area contributed by atoms with Crippen molar-refractivity contribution in [3.8, 4) is 0 Å². The first-order valence-corrected chi connectivity index (χ1v) is 15.3. The second-order valence-electron chi connectivity index (χ2n) is 10.1. The minimum Gasteiger partial charge on any atom is -0.381 e. The molecule has 0 aliphatic rings. The zero-order valence-electron chi connectivity index (χ0n) is 23.2. The summed E-state index contributed by atoms with van der Waals surface area (Å²) < 4.78 is 12.0. The van der Waals surface area contributed by atoms with Gasteiger partial charge in [-0.2, -0.15) is 12.6 Å². The van der Waals surface area contributed by atoms with Crippen molar-refractivity contribution in [3.63, 3.8) is 0 Å². The summed E-state index contributed by atoms with van der Waals surface area (Å²) in [5.41, 5.74) is 1.24. The maximum atomic E-state index is 6.01. The lowest BCUT2D eigenvalue weighted by atomic mass is 10.0. The first kappa shape index (κ1) is 34.5.